The van der Waals surface area contributed by atoms with Crippen LogP contribution in [-0.4, -0.2) is 39.3 Å². The molecule has 31 heavy (non-hydrogen) atoms. The van der Waals surface area contributed by atoms with E-state index in [4.69, 9.17) is 4.74 Å². The summed E-state index contributed by atoms with van der Waals surface area (Å²) in [6, 6.07) is 12.4. The van der Waals surface area contributed by atoms with Crippen molar-refractivity contribution in [2.24, 2.45) is 0 Å². The number of aromatic nitrogens is 3. The van der Waals surface area contributed by atoms with Crippen molar-refractivity contribution in [3.05, 3.63) is 78.4 Å². The molecule has 0 bridgehead atoms. The van der Waals surface area contributed by atoms with Gasteiger partial charge in [0.25, 0.3) is 0 Å². The monoisotopic (exact) mass is 440 g/mol. The van der Waals surface area contributed by atoms with Gasteiger partial charge in [-0.3, -0.25) is 9.59 Å². The number of anilines is 1. The van der Waals surface area contributed by atoms with Crippen molar-refractivity contribution >= 4 is 29.1 Å². The highest BCUT2D eigenvalue weighted by Crippen LogP contribution is 2.20. The first-order valence-corrected chi connectivity index (χ1v) is 10.4. The second-order valence-corrected chi connectivity index (χ2v) is 7.41. The predicted octanol–water partition coefficient (Wildman–Crippen LogP) is 3.77. The highest BCUT2D eigenvalue weighted by molar-refractivity contribution is 7.99. The second-order valence-electron chi connectivity index (χ2n) is 6.47. The Morgan fingerprint density at radius 3 is 2.52 bits per heavy atom. The number of thioether (sulfide) groups is 1. The molecule has 0 aliphatic rings. The zero-order chi connectivity index (χ0) is 22.2. The summed E-state index contributed by atoms with van der Waals surface area (Å²) >= 11 is 1.24. The fourth-order valence-corrected chi connectivity index (χ4v) is 3.60. The Balaban J connectivity index is 1.64. The molecule has 0 spiro atoms. The van der Waals surface area contributed by atoms with E-state index < -0.39 is 0 Å². The topological polar surface area (TPSA) is 86.1 Å². The molecule has 0 aliphatic heterocycles. The van der Waals surface area contributed by atoms with Gasteiger partial charge in [-0.2, -0.15) is 0 Å². The Morgan fingerprint density at radius 2 is 1.87 bits per heavy atom. The standard InChI is InChI=1S/C22H21FN4O3S/c1-3-12-27-20(13-21(29)24-17-8-6-16(23)7-9-17)25-26-22(27)31-14-19(28)15-4-10-18(30-2)11-5-15/h3-11H,1,12-14H2,2H3,(H,24,29). The quantitative estimate of drug-likeness (QED) is 0.293. The second kappa shape index (κ2) is 10.5. The largest absolute Gasteiger partial charge is 0.497 e. The van der Waals surface area contributed by atoms with Gasteiger partial charge in [0.15, 0.2) is 10.9 Å². The third-order valence-electron chi connectivity index (χ3n) is 4.30. The van der Waals surface area contributed by atoms with Crippen molar-refractivity contribution in [1.29, 1.82) is 0 Å². The van der Waals surface area contributed by atoms with Crippen LogP contribution < -0.4 is 10.1 Å². The maximum absolute atomic E-state index is 13.0. The molecule has 0 fully saturated rings. The van der Waals surface area contributed by atoms with Crippen LogP contribution in [0.4, 0.5) is 10.1 Å². The number of Topliss-reactive ketones (excluding diaryl/α,β-unsaturated/α-hetero) is 1. The number of rotatable bonds is 10. The van der Waals surface area contributed by atoms with Gasteiger partial charge in [0.1, 0.15) is 17.4 Å². The lowest BCUT2D eigenvalue weighted by Gasteiger charge is -2.08. The average molecular weight is 441 g/mol. The van der Waals surface area contributed by atoms with Gasteiger partial charge in [0.05, 0.1) is 19.3 Å². The number of amides is 1. The maximum atomic E-state index is 13.0. The van der Waals surface area contributed by atoms with E-state index in [1.54, 1.807) is 42.0 Å². The molecule has 0 aliphatic carbocycles. The van der Waals surface area contributed by atoms with E-state index in [2.05, 4.69) is 22.1 Å². The van der Waals surface area contributed by atoms with E-state index in [1.165, 1.54) is 36.0 Å². The van der Waals surface area contributed by atoms with E-state index in [9.17, 15) is 14.0 Å². The van der Waals surface area contributed by atoms with Crippen LogP contribution in [0.1, 0.15) is 16.2 Å². The van der Waals surface area contributed by atoms with Crippen molar-refractivity contribution in [2.75, 3.05) is 18.2 Å². The molecule has 1 heterocycles. The lowest BCUT2D eigenvalue weighted by Crippen LogP contribution is -2.18. The summed E-state index contributed by atoms with van der Waals surface area (Å²) in [6.07, 6.45) is 1.64. The van der Waals surface area contributed by atoms with Gasteiger partial charge in [-0.15, -0.1) is 16.8 Å². The summed E-state index contributed by atoms with van der Waals surface area (Å²) in [5, 5.41) is 11.4. The molecule has 2 aromatic carbocycles. The number of ketones is 1. The van der Waals surface area contributed by atoms with Gasteiger partial charge in [0, 0.05) is 17.8 Å². The molecule has 0 radical (unpaired) electrons. The Kier molecular flexibility index (Phi) is 7.55. The summed E-state index contributed by atoms with van der Waals surface area (Å²) in [5.41, 5.74) is 1.06. The number of ether oxygens (including phenoxy) is 1. The summed E-state index contributed by atoms with van der Waals surface area (Å²) in [7, 11) is 1.57. The van der Waals surface area contributed by atoms with Crippen molar-refractivity contribution < 1.29 is 18.7 Å². The number of carbonyl (C=O) groups excluding carboxylic acids is 2. The zero-order valence-corrected chi connectivity index (χ0v) is 17.7. The van der Waals surface area contributed by atoms with Crippen LogP contribution in [-0.2, 0) is 17.8 Å². The minimum absolute atomic E-state index is 0.0226. The minimum atomic E-state index is -0.380. The number of nitrogens with one attached hydrogen (secondary N) is 1. The predicted molar refractivity (Wildman–Crippen MR) is 117 cm³/mol. The molecule has 3 rings (SSSR count). The van der Waals surface area contributed by atoms with Gasteiger partial charge in [-0.25, -0.2) is 4.39 Å². The molecular formula is C22H21FN4O3S. The number of halogens is 1. The third-order valence-corrected chi connectivity index (χ3v) is 5.26. The molecule has 0 saturated carbocycles. The van der Waals surface area contributed by atoms with Crippen LogP contribution in [0.3, 0.4) is 0 Å². The fourth-order valence-electron chi connectivity index (χ4n) is 2.74. The Morgan fingerprint density at radius 1 is 1.16 bits per heavy atom. The average Bonchev–Trinajstić information content (AvgIpc) is 3.15. The molecule has 0 unspecified atom stereocenters. The lowest BCUT2D eigenvalue weighted by atomic mass is 10.1. The first-order valence-electron chi connectivity index (χ1n) is 9.38. The Hall–Kier alpha value is -3.46. The number of allylic oxidation sites excluding steroid dienone is 1. The fraction of sp³-hybridized carbons (Fsp3) is 0.182. The van der Waals surface area contributed by atoms with Gasteiger partial charge in [-0.05, 0) is 48.5 Å². The molecule has 1 N–H and O–H groups in total. The zero-order valence-electron chi connectivity index (χ0n) is 16.9. The molecule has 160 valence electrons. The van der Waals surface area contributed by atoms with Crippen LogP contribution >= 0.6 is 11.8 Å². The molecule has 1 aromatic heterocycles. The molecule has 1 amide bonds. The highest BCUT2D eigenvalue weighted by atomic mass is 32.2. The van der Waals surface area contributed by atoms with E-state index >= 15 is 0 Å². The van der Waals surface area contributed by atoms with Crippen LogP contribution in [0.15, 0.2) is 66.3 Å². The van der Waals surface area contributed by atoms with Crippen molar-refractivity contribution in [2.45, 2.75) is 18.1 Å². The van der Waals surface area contributed by atoms with Crippen LogP contribution in [0, 0.1) is 5.82 Å². The smallest absolute Gasteiger partial charge is 0.232 e. The number of benzene rings is 2. The summed E-state index contributed by atoms with van der Waals surface area (Å²) in [5.74, 6) is 0.544. The summed E-state index contributed by atoms with van der Waals surface area (Å²) < 4.78 is 19.8. The summed E-state index contributed by atoms with van der Waals surface area (Å²) in [6.45, 7) is 4.13. The van der Waals surface area contributed by atoms with Crippen molar-refractivity contribution in [1.82, 2.24) is 14.8 Å². The van der Waals surface area contributed by atoms with E-state index in [1.807, 2.05) is 0 Å². The van der Waals surface area contributed by atoms with Crippen LogP contribution in [0.25, 0.3) is 0 Å². The number of carbonyl (C=O) groups is 2. The SMILES string of the molecule is C=CCn1c(CC(=O)Nc2ccc(F)cc2)nnc1SCC(=O)c1ccc(OC)cc1. The van der Waals surface area contributed by atoms with Gasteiger partial charge < -0.3 is 14.6 Å². The Bertz CT molecular complexity index is 1070. The molecule has 0 saturated heterocycles. The first kappa shape index (κ1) is 22.2. The lowest BCUT2D eigenvalue weighted by molar-refractivity contribution is -0.115. The molecule has 9 heteroatoms. The van der Waals surface area contributed by atoms with E-state index in [0.717, 1.165) is 0 Å². The number of hydrogen-bond acceptors (Lipinski definition) is 6. The van der Waals surface area contributed by atoms with Gasteiger partial charge in [-0.1, -0.05) is 17.8 Å². The molecule has 7 nitrogen and oxygen atoms in total. The molecule has 3 aromatic rings. The minimum Gasteiger partial charge on any atom is -0.497 e. The van der Waals surface area contributed by atoms with Gasteiger partial charge in [0.2, 0.25) is 5.91 Å². The van der Waals surface area contributed by atoms with Crippen LogP contribution in [0.2, 0.25) is 0 Å². The van der Waals surface area contributed by atoms with Crippen LogP contribution in [0.5, 0.6) is 5.75 Å². The number of hydrogen-bond donors (Lipinski definition) is 1. The van der Waals surface area contributed by atoms with Gasteiger partial charge >= 0.3 is 0 Å². The maximum Gasteiger partial charge on any atom is 0.232 e. The first-order chi connectivity index (χ1) is 15.0. The third kappa shape index (κ3) is 6.02. The van der Waals surface area contributed by atoms with Crippen molar-refractivity contribution in [3.8, 4) is 5.75 Å². The highest BCUT2D eigenvalue weighted by Gasteiger charge is 2.17. The molecular weight excluding hydrogens is 419 g/mol. The van der Waals surface area contributed by atoms with E-state index in [-0.39, 0.29) is 29.7 Å². The van der Waals surface area contributed by atoms with E-state index in [0.29, 0.717) is 34.5 Å². The number of methoxy groups -OCH3 is 1. The molecule has 0 atom stereocenters. The Labute approximate surface area is 183 Å². The normalized spacial score (nSPS) is 10.5. The summed E-state index contributed by atoms with van der Waals surface area (Å²) in [4.78, 5) is 24.8. The number of nitrogens with zero attached hydrogens (tertiary/aromatic N) is 3. The van der Waals surface area contributed by atoms with Crippen molar-refractivity contribution in [3.63, 3.8) is 0 Å².